The summed E-state index contributed by atoms with van der Waals surface area (Å²) < 4.78 is 5.84. The van der Waals surface area contributed by atoms with Gasteiger partial charge in [0.25, 0.3) is 5.91 Å². The number of methoxy groups -OCH3 is 1. The number of benzene rings is 2. The van der Waals surface area contributed by atoms with Crippen molar-refractivity contribution in [3.8, 4) is 11.8 Å². The van der Waals surface area contributed by atoms with Gasteiger partial charge in [-0.1, -0.05) is 6.07 Å². The molecule has 1 N–H and O–H groups in total. The lowest BCUT2D eigenvalue weighted by Gasteiger charge is -2.10. The van der Waals surface area contributed by atoms with Gasteiger partial charge in [0.15, 0.2) is 0 Å². The monoisotopic (exact) mass is 344 g/mol. The van der Waals surface area contributed by atoms with Crippen molar-refractivity contribution >= 4 is 27.5 Å². The molecule has 2 rings (SSSR count). The molecule has 0 aliphatic rings. The molecular formula is C16H13BrN2O2. The first-order valence-corrected chi connectivity index (χ1v) is 7.00. The highest BCUT2D eigenvalue weighted by Gasteiger charge is 2.10. The Morgan fingerprint density at radius 1 is 1.29 bits per heavy atom. The minimum atomic E-state index is -0.239. The van der Waals surface area contributed by atoms with E-state index >= 15 is 0 Å². The molecule has 0 aromatic heterocycles. The van der Waals surface area contributed by atoms with Crippen LogP contribution < -0.4 is 10.1 Å². The Morgan fingerprint density at radius 3 is 2.67 bits per heavy atom. The largest absolute Gasteiger partial charge is 0.496 e. The summed E-state index contributed by atoms with van der Waals surface area (Å²) in [5.74, 6) is 0.422. The number of carbonyl (C=O) groups is 1. The third-order valence-electron chi connectivity index (χ3n) is 3.03. The molecule has 0 atom stereocenters. The second-order valence-electron chi connectivity index (χ2n) is 4.44. The lowest BCUT2D eigenvalue weighted by atomic mass is 10.1. The van der Waals surface area contributed by atoms with E-state index in [1.54, 1.807) is 43.5 Å². The number of rotatable bonds is 3. The highest BCUT2D eigenvalue weighted by molar-refractivity contribution is 9.10. The van der Waals surface area contributed by atoms with Crippen molar-refractivity contribution in [1.29, 1.82) is 5.26 Å². The highest BCUT2D eigenvalue weighted by Crippen LogP contribution is 2.26. The number of halogens is 1. The normalized spacial score (nSPS) is 9.81. The number of carbonyl (C=O) groups excluding carboxylic acids is 1. The first-order valence-electron chi connectivity index (χ1n) is 6.21. The molecule has 0 saturated carbocycles. The molecule has 4 nitrogen and oxygen atoms in total. The zero-order valence-electron chi connectivity index (χ0n) is 11.6. The fourth-order valence-electron chi connectivity index (χ4n) is 1.83. The van der Waals surface area contributed by atoms with Crippen LogP contribution in [-0.2, 0) is 0 Å². The molecule has 2 aromatic carbocycles. The van der Waals surface area contributed by atoms with E-state index in [-0.39, 0.29) is 5.91 Å². The Labute approximate surface area is 131 Å². The maximum Gasteiger partial charge on any atom is 0.255 e. The molecule has 0 spiro atoms. The molecule has 0 saturated heterocycles. The summed E-state index contributed by atoms with van der Waals surface area (Å²) in [6.45, 7) is 1.88. The van der Waals surface area contributed by atoms with Gasteiger partial charge in [-0.15, -0.1) is 0 Å². The van der Waals surface area contributed by atoms with Crippen LogP contribution in [-0.4, -0.2) is 13.0 Å². The summed E-state index contributed by atoms with van der Waals surface area (Å²) in [7, 11) is 1.57. The van der Waals surface area contributed by atoms with Crippen LogP contribution in [0.4, 0.5) is 5.69 Å². The zero-order chi connectivity index (χ0) is 15.4. The number of amides is 1. The van der Waals surface area contributed by atoms with E-state index in [1.807, 2.05) is 6.92 Å². The molecule has 21 heavy (non-hydrogen) atoms. The number of aryl methyl sites for hydroxylation is 1. The highest BCUT2D eigenvalue weighted by atomic mass is 79.9. The summed E-state index contributed by atoms with van der Waals surface area (Å²) in [5.41, 5.74) is 2.54. The number of nitrogens with zero attached hydrogens (tertiary/aromatic N) is 1. The van der Waals surface area contributed by atoms with Gasteiger partial charge in [0, 0.05) is 11.3 Å². The third kappa shape index (κ3) is 3.41. The van der Waals surface area contributed by atoms with E-state index in [1.165, 1.54) is 0 Å². The van der Waals surface area contributed by atoms with Gasteiger partial charge in [-0.05, 0) is 58.7 Å². The van der Waals surface area contributed by atoms with Gasteiger partial charge in [0.2, 0.25) is 0 Å². The predicted octanol–water partition coefficient (Wildman–Crippen LogP) is 3.89. The SMILES string of the molecule is COc1ccc(C(=O)Nc2cc(C#N)ccc2C)cc1Br. The number of nitriles is 1. The van der Waals surface area contributed by atoms with Crippen LogP contribution in [0.25, 0.3) is 0 Å². The second-order valence-corrected chi connectivity index (χ2v) is 5.30. The molecule has 0 radical (unpaired) electrons. The van der Waals surface area contributed by atoms with Crippen molar-refractivity contribution in [3.63, 3.8) is 0 Å². The van der Waals surface area contributed by atoms with E-state index in [4.69, 9.17) is 10.00 Å². The van der Waals surface area contributed by atoms with Gasteiger partial charge in [-0.3, -0.25) is 4.79 Å². The van der Waals surface area contributed by atoms with Crippen LogP contribution in [0.15, 0.2) is 40.9 Å². The molecule has 0 fully saturated rings. The van der Waals surface area contributed by atoms with Gasteiger partial charge >= 0.3 is 0 Å². The maximum atomic E-state index is 12.3. The van der Waals surface area contributed by atoms with Crippen LogP contribution in [0.1, 0.15) is 21.5 Å². The first-order chi connectivity index (χ1) is 10.0. The number of hydrogen-bond acceptors (Lipinski definition) is 3. The number of anilines is 1. The van der Waals surface area contributed by atoms with Crippen LogP contribution in [0.5, 0.6) is 5.75 Å². The first kappa shape index (κ1) is 15.1. The van der Waals surface area contributed by atoms with Crippen LogP contribution >= 0.6 is 15.9 Å². The molecule has 0 heterocycles. The van der Waals surface area contributed by atoms with Gasteiger partial charge in [0.05, 0.1) is 23.2 Å². The summed E-state index contributed by atoms with van der Waals surface area (Å²) in [6, 6.07) is 12.3. The number of ether oxygens (including phenoxy) is 1. The second kappa shape index (κ2) is 6.42. The van der Waals surface area contributed by atoms with E-state index in [0.717, 1.165) is 5.56 Å². The van der Waals surface area contributed by atoms with Gasteiger partial charge < -0.3 is 10.1 Å². The van der Waals surface area contributed by atoms with Crippen molar-refractivity contribution in [3.05, 3.63) is 57.6 Å². The average Bonchev–Trinajstić information content (AvgIpc) is 2.49. The molecule has 0 aliphatic heterocycles. The Kier molecular flexibility index (Phi) is 4.61. The van der Waals surface area contributed by atoms with Gasteiger partial charge in [-0.25, -0.2) is 0 Å². The van der Waals surface area contributed by atoms with Crippen LogP contribution in [0.3, 0.4) is 0 Å². The average molecular weight is 345 g/mol. The fourth-order valence-corrected chi connectivity index (χ4v) is 2.37. The van der Waals surface area contributed by atoms with E-state index < -0.39 is 0 Å². The number of hydrogen-bond donors (Lipinski definition) is 1. The quantitative estimate of drug-likeness (QED) is 0.918. The molecular weight excluding hydrogens is 332 g/mol. The zero-order valence-corrected chi connectivity index (χ0v) is 13.2. The molecule has 106 valence electrons. The van der Waals surface area contributed by atoms with E-state index in [0.29, 0.717) is 27.0 Å². The predicted molar refractivity (Wildman–Crippen MR) is 84.5 cm³/mol. The van der Waals surface area contributed by atoms with Crippen molar-refractivity contribution in [2.45, 2.75) is 6.92 Å². The molecule has 0 unspecified atom stereocenters. The molecule has 0 aliphatic carbocycles. The van der Waals surface area contributed by atoms with Crippen molar-refractivity contribution in [2.75, 3.05) is 12.4 Å². The van der Waals surface area contributed by atoms with Crippen LogP contribution in [0, 0.1) is 18.3 Å². The fraction of sp³-hybridized carbons (Fsp3) is 0.125. The number of nitrogens with one attached hydrogen (secondary N) is 1. The smallest absolute Gasteiger partial charge is 0.255 e. The summed E-state index contributed by atoms with van der Waals surface area (Å²) >= 11 is 3.35. The van der Waals surface area contributed by atoms with E-state index in [2.05, 4.69) is 27.3 Å². The minimum Gasteiger partial charge on any atom is -0.496 e. The van der Waals surface area contributed by atoms with Crippen molar-refractivity contribution < 1.29 is 9.53 Å². The Bertz CT molecular complexity index is 736. The van der Waals surface area contributed by atoms with E-state index in [9.17, 15) is 4.79 Å². The van der Waals surface area contributed by atoms with Crippen LogP contribution in [0.2, 0.25) is 0 Å². The summed E-state index contributed by atoms with van der Waals surface area (Å²) in [5, 5.41) is 11.7. The van der Waals surface area contributed by atoms with Crippen molar-refractivity contribution in [1.82, 2.24) is 0 Å². The minimum absolute atomic E-state index is 0.239. The molecule has 0 bridgehead atoms. The molecule has 5 heteroatoms. The maximum absolute atomic E-state index is 12.3. The molecule has 1 amide bonds. The Morgan fingerprint density at radius 2 is 2.05 bits per heavy atom. The Balaban J connectivity index is 2.26. The lowest BCUT2D eigenvalue weighted by molar-refractivity contribution is 0.102. The standard InChI is InChI=1S/C16H13BrN2O2/c1-10-3-4-11(9-18)7-14(10)19-16(20)12-5-6-15(21-2)13(17)8-12/h3-8H,1-2H3,(H,19,20). The summed E-state index contributed by atoms with van der Waals surface area (Å²) in [4.78, 5) is 12.3. The topological polar surface area (TPSA) is 62.1 Å². The third-order valence-corrected chi connectivity index (χ3v) is 3.65. The Hall–Kier alpha value is -2.32. The molecule has 2 aromatic rings. The van der Waals surface area contributed by atoms with Gasteiger partial charge in [-0.2, -0.15) is 5.26 Å². The van der Waals surface area contributed by atoms with Crippen molar-refractivity contribution in [2.24, 2.45) is 0 Å². The van der Waals surface area contributed by atoms with Gasteiger partial charge in [0.1, 0.15) is 5.75 Å². The lowest BCUT2D eigenvalue weighted by Crippen LogP contribution is -2.13. The summed E-state index contributed by atoms with van der Waals surface area (Å²) in [6.07, 6.45) is 0.